The van der Waals surface area contributed by atoms with Gasteiger partial charge in [0.05, 0.1) is 10.5 Å². The maximum absolute atomic E-state index is 12.6. The molecular weight excluding hydrogens is 346 g/mol. The zero-order valence-electron chi connectivity index (χ0n) is 13.2. The predicted molar refractivity (Wildman–Crippen MR) is 92.5 cm³/mol. The first-order valence-corrected chi connectivity index (χ1v) is 10.2. The molecule has 1 saturated heterocycles. The third kappa shape index (κ3) is 3.85. The molecule has 7 heteroatoms. The van der Waals surface area contributed by atoms with Crippen LogP contribution in [0.2, 0.25) is 0 Å². The molecule has 1 aliphatic rings. The quantitative estimate of drug-likeness (QED) is 0.763. The van der Waals surface area contributed by atoms with E-state index in [4.69, 9.17) is 4.74 Å². The molecule has 5 nitrogen and oxygen atoms in total. The van der Waals surface area contributed by atoms with Gasteiger partial charge in [-0.15, -0.1) is 11.3 Å². The van der Waals surface area contributed by atoms with E-state index in [1.807, 2.05) is 17.5 Å². The number of sulfonamides is 1. The highest BCUT2D eigenvalue weighted by Crippen LogP contribution is 2.21. The molecule has 0 N–H and O–H groups in total. The van der Waals surface area contributed by atoms with Crippen LogP contribution in [0, 0.1) is 0 Å². The summed E-state index contributed by atoms with van der Waals surface area (Å²) in [4.78, 5) is 13.2. The van der Waals surface area contributed by atoms with Gasteiger partial charge in [-0.25, -0.2) is 13.2 Å². The third-order valence-electron chi connectivity index (χ3n) is 3.97. The first kappa shape index (κ1) is 17.1. The molecule has 1 aromatic heterocycles. The van der Waals surface area contributed by atoms with Crippen LogP contribution >= 0.6 is 11.3 Å². The maximum atomic E-state index is 12.6. The van der Waals surface area contributed by atoms with E-state index in [1.54, 1.807) is 0 Å². The number of thiophene rings is 1. The van der Waals surface area contributed by atoms with E-state index >= 15 is 0 Å². The molecule has 0 radical (unpaired) electrons. The summed E-state index contributed by atoms with van der Waals surface area (Å²) in [5.74, 6) is -0.453. The summed E-state index contributed by atoms with van der Waals surface area (Å²) in [7, 11) is -3.47. The molecule has 0 atom stereocenters. The largest absolute Gasteiger partial charge is 0.456 e. The van der Waals surface area contributed by atoms with Gasteiger partial charge in [-0.3, -0.25) is 0 Å². The van der Waals surface area contributed by atoms with Gasteiger partial charge in [0.25, 0.3) is 0 Å². The van der Waals surface area contributed by atoms with E-state index in [-0.39, 0.29) is 11.5 Å². The average Bonchev–Trinajstić information content (AvgIpc) is 3.14. The molecule has 0 aliphatic carbocycles. The molecule has 128 valence electrons. The highest BCUT2D eigenvalue weighted by atomic mass is 32.2. The van der Waals surface area contributed by atoms with Crippen molar-refractivity contribution in [3.8, 4) is 0 Å². The van der Waals surface area contributed by atoms with Crippen LogP contribution in [0.3, 0.4) is 0 Å². The third-order valence-corrected chi connectivity index (χ3v) is 6.73. The summed E-state index contributed by atoms with van der Waals surface area (Å²) in [5, 5.41) is 1.92. The van der Waals surface area contributed by atoms with Gasteiger partial charge in [0.1, 0.15) is 6.61 Å². The fraction of sp³-hybridized carbons (Fsp3) is 0.353. The lowest BCUT2D eigenvalue weighted by molar-refractivity contribution is 0.0476. The highest BCUT2D eigenvalue weighted by Gasteiger charge is 2.26. The van der Waals surface area contributed by atoms with Crippen LogP contribution < -0.4 is 0 Å². The van der Waals surface area contributed by atoms with Crippen LogP contribution in [0.1, 0.15) is 34.5 Å². The lowest BCUT2D eigenvalue weighted by Gasteiger charge is -2.25. The van der Waals surface area contributed by atoms with Gasteiger partial charge >= 0.3 is 5.97 Å². The molecule has 0 amide bonds. The normalized spacial score (nSPS) is 16.0. The zero-order valence-corrected chi connectivity index (χ0v) is 14.8. The smallest absolute Gasteiger partial charge is 0.338 e. The minimum atomic E-state index is -3.47. The first-order chi connectivity index (χ1) is 11.6. The van der Waals surface area contributed by atoms with Crippen LogP contribution in [-0.4, -0.2) is 31.8 Å². The molecule has 2 aromatic rings. The molecule has 1 fully saturated rings. The first-order valence-electron chi connectivity index (χ1n) is 7.87. The fourth-order valence-electron chi connectivity index (χ4n) is 2.63. The number of nitrogens with zero attached hydrogens (tertiary/aromatic N) is 1. The maximum Gasteiger partial charge on any atom is 0.338 e. The van der Waals surface area contributed by atoms with Crippen molar-refractivity contribution >= 4 is 27.3 Å². The summed E-state index contributed by atoms with van der Waals surface area (Å²) in [6, 6.07) is 9.76. The second kappa shape index (κ2) is 7.46. The number of piperidine rings is 1. The summed E-state index contributed by atoms with van der Waals surface area (Å²) >= 11 is 1.52. The molecule has 0 bridgehead atoms. The molecule has 1 aromatic carbocycles. The molecule has 3 rings (SSSR count). The Bertz CT molecular complexity index is 777. The fourth-order valence-corrected chi connectivity index (χ4v) is 4.77. The van der Waals surface area contributed by atoms with E-state index in [9.17, 15) is 13.2 Å². The van der Waals surface area contributed by atoms with Gasteiger partial charge in [-0.05, 0) is 48.6 Å². The Balaban J connectivity index is 1.67. The van der Waals surface area contributed by atoms with Crippen molar-refractivity contribution in [1.82, 2.24) is 4.31 Å². The molecular formula is C17H19NO4S2. The second-order valence-corrected chi connectivity index (χ2v) is 8.61. The minimum Gasteiger partial charge on any atom is -0.456 e. The topological polar surface area (TPSA) is 63.7 Å². The SMILES string of the molecule is O=C(OCc1cccs1)c1ccc(S(=O)(=O)N2CCCCC2)cc1. The summed E-state index contributed by atoms with van der Waals surface area (Å²) in [5.41, 5.74) is 0.351. The minimum absolute atomic E-state index is 0.221. The van der Waals surface area contributed by atoms with Crippen LogP contribution in [0.25, 0.3) is 0 Å². The van der Waals surface area contributed by atoms with Crippen molar-refractivity contribution in [2.75, 3.05) is 13.1 Å². The van der Waals surface area contributed by atoms with Gasteiger partial charge < -0.3 is 4.74 Å². The Morgan fingerprint density at radius 2 is 1.79 bits per heavy atom. The van der Waals surface area contributed by atoms with Gasteiger partial charge in [0.15, 0.2) is 0 Å². The van der Waals surface area contributed by atoms with Gasteiger partial charge in [-0.2, -0.15) is 4.31 Å². The molecule has 0 spiro atoms. The predicted octanol–water partition coefficient (Wildman–Crippen LogP) is 3.28. The Morgan fingerprint density at radius 3 is 2.42 bits per heavy atom. The number of hydrogen-bond acceptors (Lipinski definition) is 5. The number of benzene rings is 1. The highest BCUT2D eigenvalue weighted by molar-refractivity contribution is 7.89. The number of hydrogen-bond donors (Lipinski definition) is 0. The molecule has 2 heterocycles. The average molecular weight is 365 g/mol. The Hall–Kier alpha value is -1.70. The van der Waals surface area contributed by atoms with E-state index in [2.05, 4.69) is 0 Å². The van der Waals surface area contributed by atoms with Gasteiger partial charge in [-0.1, -0.05) is 12.5 Å². The van der Waals surface area contributed by atoms with Gasteiger partial charge in [0.2, 0.25) is 10.0 Å². The number of esters is 1. The van der Waals surface area contributed by atoms with Gasteiger partial charge in [0, 0.05) is 18.0 Å². The monoisotopic (exact) mass is 365 g/mol. The zero-order chi connectivity index (χ0) is 17.0. The van der Waals surface area contributed by atoms with E-state index in [1.165, 1.54) is 39.9 Å². The molecule has 24 heavy (non-hydrogen) atoms. The van der Waals surface area contributed by atoms with Crippen LogP contribution in [0.15, 0.2) is 46.7 Å². The van der Waals surface area contributed by atoms with E-state index < -0.39 is 16.0 Å². The van der Waals surface area contributed by atoms with Crippen molar-refractivity contribution in [3.05, 3.63) is 52.2 Å². The molecule has 0 unspecified atom stereocenters. The van der Waals surface area contributed by atoms with Crippen molar-refractivity contribution in [3.63, 3.8) is 0 Å². The van der Waals surface area contributed by atoms with Crippen molar-refractivity contribution in [2.45, 2.75) is 30.8 Å². The van der Waals surface area contributed by atoms with Crippen molar-refractivity contribution in [1.29, 1.82) is 0 Å². The molecule has 0 saturated carbocycles. The number of ether oxygens (including phenoxy) is 1. The van der Waals surface area contributed by atoms with Crippen LogP contribution in [0.5, 0.6) is 0 Å². The van der Waals surface area contributed by atoms with Crippen molar-refractivity contribution in [2.24, 2.45) is 0 Å². The Kier molecular flexibility index (Phi) is 5.33. The van der Waals surface area contributed by atoms with Crippen LogP contribution in [0.4, 0.5) is 0 Å². The lowest BCUT2D eigenvalue weighted by atomic mass is 10.2. The standard InChI is InChI=1S/C17H19NO4S2/c19-17(22-13-15-5-4-12-23-15)14-6-8-16(9-7-14)24(20,21)18-10-2-1-3-11-18/h4-9,12H,1-3,10-11,13H2. The Morgan fingerprint density at radius 1 is 1.08 bits per heavy atom. The number of carbonyl (C=O) groups is 1. The molecule has 1 aliphatic heterocycles. The summed E-state index contributed by atoms with van der Waals surface area (Å²) < 4.78 is 31.9. The second-order valence-electron chi connectivity index (χ2n) is 5.64. The van der Waals surface area contributed by atoms with Crippen molar-refractivity contribution < 1.29 is 17.9 Å². The number of carbonyl (C=O) groups excluding carboxylic acids is 1. The van der Waals surface area contributed by atoms with E-state index in [0.29, 0.717) is 18.7 Å². The van der Waals surface area contributed by atoms with E-state index in [0.717, 1.165) is 24.1 Å². The van der Waals surface area contributed by atoms with Crippen LogP contribution in [-0.2, 0) is 21.4 Å². The lowest BCUT2D eigenvalue weighted by Crippen LogP contribution is -2.35. The summed E-state index contributed by atoms with van der Waals surface area (Å²) in [6.45, 7) is 1.35. The summed E-state index contributed by atoms with van der Waals surface area (Å²) in [6.07, 6.45) is 2.86. The Labute approximate surface area is 145 Å². The number of rotatable bonds is 5.